The molecule has 1 aliphatic rings. The predicted octanol–water partition coefficient (Wildman–Crippen LogP) is 3.48. The summed E-state index contributed by atoms with van der Waals surface area (Å²) < 4.78 is 3.19. The lowest BCUT2D eigenvalue weighted by Crippen LogP contribution is -2.33. The van der Waals surface area contributed by atoms with Crippen molar-refractivity contribution in [2.75, 3.05) is 0 Å². The first-order valence-electron chi connectivity index (χ1n) is 4.69. The van der Waals surface area contributed by atoms with E-state index in [0.29, 0.717) is 5.92 Å². The van der Waals surface area contributed by atoms with E-state index in [-0.39, 0.29) is 6.10 Å². The number of halogens is 3. The second-order valence-corrected chi connectivity index (χ2v) is 5.98. The molecule has 0 aromatic rings. The SMILES string of the molecule is C[C@H]1CCCC[C@H]1OC(=O)C(Cl)(Cl)Cl. The fourth-order valence-electron chi connectivity index (χ4n) is 1.66. The smallest absolute Gasteiger partial charge is 0.358 e. The molecule has 0 amide bonds. The highest BCUT2D eigenvalue weighted by molar-refractivity contribution is 6.75. The van der Waals surface area contributed by atoms with Gasteiger partial charge in [0.2, 0.25) is 0 Å². The van der Waals surface area contributed by atoms with Crippen LogP contribution in [0.25, 0.3) is 0 Å². The first-order valence-corrected chi connectivity index (χ1v) is 5.82. The molecule has 0 heterocycles. The van der Waals surface area contributed by atoms with Crippen molar-refractivity contribution in [3.05, 3.63) is 0 Å². The van der Waals surface area contributed by atoms with Crippen molar-refractivity contribution in [2.24, 2.45) is 5.92 Å². The van der Waals surface area contributed by atoms with Crippen LogP contribution in [-0.4, -0.2) is 15.9 Å². The van der Waals surface area contributed by atoms with Gasteiger partial charge in [-0.2, -0.15) is 0 Å². The minimum atomic E-state index is -1.95. The number of carbonyl (C=O) groups excluding carboxylic acids is 1. The largest absolute Gasteiger partial charge is 0.459 e. The van der Waals surface area contributed by atoms with Crippen LogP contribution in [0.1, 0.15) is 32.6 Å². The van der Waals surface area contributed by atoms with E-state index in [9.17, 15) is 4.79 Å². The number of ether oxygens (including phenoxy) is 1. The zero-order chi connectivity index (χ0) is 10.8. The van der Waals surface area contributed by atoms with Gasteiger partial charge < -0.3 is 4.74 Å². The number of hydrogen-bond donors (Lipinski definition) is 0. The Labute approximate surface area is 98.8 Å². The Morgan fingerprint density at radius 2 is 1.86 bits per heavy atom. The molecule has 1 saturated carbocycles. The molecular formula is C9H13Cl3O2. The van der Waals surface area contributed by atoms with Gasteiger partial charge in [0.1, 0.15) is 6.10 Å². The van der Waals surface area contributed by atoms with Crippen LogP contribution in [0.15, 0.2) is 0 Å². The molecular weight excluding hydrogens is 246 g/mol. The predicted molar refractivity (Wildman–Crippen MR) is 57.8 cm³/mol. The summed E-state index contributed by atoms with van der Waals surface area (Å²) in [6.07, 6.45) is 4.10. The van der Waals surface area contributed by atoms with E-state index in [2.05, 4.69) is 6.92 Å². The molecule has 1 rings (SSSR count). The first kappa shape index (κ1) is 12.4. The third kappa shape index (κ3) is 3.48. The van der Waals surface area contributed by atoms with E-state index in [1.165, 1.54) is 6.42 Å². The zero-order valence-electron chi connectivity index (χ0n) is 7.93. The second-order valence-electron chi connectivity index (χ2n) is 3.70. The molecule has 0 aromatic carbocycles. The molecule has 2 nitrogen and oxygen atoms in total. The molecule has 14 heavy (non-hydrogen) atoms. The van der Waals surface area contributed by atoms with Crippen molar-refractivity contribution in [2.45, 2.75) is 42.5 Å². The molecule has 0 aromatic heterocycles. The van der Waals surface area contributed by atoms with Gasteiger partial charge in [0, 0.05) is 0 Å². The van der Waals surface area contributed by atoms with Gasteiger partial charge in [0.05, 0.1) is 0 Å². The summed E-state index contributed by atoms with van der Waals surface area (Å²) in [4.78, 5) is 11.3. The lowest BCUT2D eigenvalue weighted by molar-refractivity contribution is -0.152. The molecule has 0 unspecified atom stereocenters. The maximum absolute atomic E-state index is 11.3. The van der Waals surface area contributed by atoms with Crippen LogP contribution in [0.2, 0.25) is 0 Å². The van der Waals surface area contributed by atoms with Gasteiger partial charge in [-0.05, 0) is 25.2 Å². The number of esters is 1. The van der Waals surface area contributed by atoms with Crippen LogP contribution in [0, 0.1) is 5.92 Å². The topological polar surface area (TPSA) is 26.3 Å². The number of hydrogen-bond acceptors (Lipinski definition) is 2. The van der Waals surface area contributed by atoms with Crippen molar-refractivity contribution in [3.8, 4) is 0 Å². The lowest BCUT2D eigenvalue weighted by Gasteiger charge is -2.29. The van der Waals surface area contributed by atoms with Crippen molar-refractivity contribution in [1.82, 2.24) is 0 Å². The third-order valence-corrected chi connectivity index (χ3v) is 2.99. The zero-order valence-corrected chi connectivity index (χ0v) is 10.2. The van der Waals surface area contributed by atoms with Crippen molar-refractivity contribution in [3.63, 3.8) is 0 Å². The van der Waals surface area contributed by atoms with Crippen LogP contribution < -0.4 is 0 Å². The minimum Gasteiger partial charge on any atom is -0.459 e. The van der Waals surface area contributed by atoms with E-state index >= 15 is 0 Å². The maximum Gasteiger partial charge on any atom is 0.358 e. The van der Waals surface area contributed by atoms with Gasteiger partial charge in [0.25, 0.3) is 3.79 Å². The van der Waals surface area contributed by atoms with Crippen LogP contribution in [0.5, 0.6) is 0 Å². The first-order chi connectivity index (χ1) is 6.41. The van der Waals surface area contributed by atoms with Crippen molar-refractivity contribution < 1.29 is 9.53 Å². The highest BCUT2D eigenvalue weighted by Gasteiger charge is 2.36. The lowest BCUT2D eigenvalue weighted by atomic mass is 9.88. The van der Waals surface area contributed by atoms with Gasteiger partial charge in [-0.3, -0.25) is 0 Å². The molecule has 2 atom stereocenters. The molecule has 0 bridgehead atoms. The summed E-state index contributed by atoms with van der Waals surface area (Å²) in [5, 5.41) is 0. The molecule has 1 fully saturated rings. The minimum absolute atomic E-state index is 0.0909. The molecule has 0 N–H and O–H groups in total. The van der Waals surface area contributed by atoms with Gasteiger partial charge in [-0.1, -0.05) is 48.1 Å². The summed E-state index contributed by atoms with van der Waals surface area (Å²) in [6.45, 7) is 2.05. The Balaban J connectivity index is 2.46. The Kier molecular flexibility index (Phi) is 4.35. The Hall–Kier alpha value is 0.340. The number of carbonyl (C=O) groups is 1. The fourth-order valence-corrected chi connectivity index (χ4v) is 1.80. The summed E-state index contributed by atoms with van der Waals surface area (Å²) in [5.74, 6) is -0.402. The molecule has 0 aliphatic heterocycles. The number of rotatable bonds is 1. The van der Waals surface area contributed by atoms with E-state index < -0.39 is 9.76 Å². The van der Waals surface area contributed by atoms with Gasteiger partial charge in [-0.25, -0.2) is 4.79 Å². The molecule has 5 heteroatoms. The van der Waals surface area contributed by atoms with Crippen molar-refractivity contribution in [1.29, 1.82) is 0 Å². The van der Waals surface area contributed by atoms with E-state index in [0.717, 1.165) is 19.3 Å². The fraction of sp³-hybridized carbons (Fsp3) is 0.889. The van der Waals surface area contributed by atoms with Crippen LogP contribution in [-0.2, 0) is 9.53 Å². The van der Waals surface area contributed by atoms with Crippen LogP contribution >= 0.6 is 34.8 Å². The average molecular weight is 260 g/mol. The third-order valence-electron chi connectivity index (χ3n) is 2.52. The summed E-state index contributed by atoms with van der Waals surface area (Å²) in [5.41, 5.74) is 0. The summed E-state index contributed by atoms with van der Waals surface area (Å²) in [6, 6.07) is 0. The van der Waals surface area contributed by atoms with Crippen molar-refractivity contribution >= 4 is 40.8 Å². The monoisotopic (exact) mass is 258 g/mol. The van der Waals surface area contributed by atoms with Gasteiger partial charge in [0.15, 0.2) is 0 Å². The Bertz CT molecular complexity index is 213. The van der Waals surface area contributed by atoms with E-state index in [1.54, 1.807) is 0 Å². The standard InChI is InChI=1S/C9H13Cl3O2/c1-6-4-2-3-5-7(6)14-8(13)9(10,11)12/h6-7H,2-5H2,1H3/t6-,7+/m0/s1. The van der Waals surface area contributed by atoms with Gasteiger partial charge >= 0.3 is 5.97 Å². The van der Waals surface area contributed by atoms with Gasteiger partial charge in [-0.15, -0.1) is 0 Å². The highest BCUT2D eigenvalue weighted by atomic mass is 35.6. The maximum atomic E-state index is 11.3. The summed E-state index contributed by atoms with van der Waals surface area (Å²) in [7, 11) is 0. The average Bonchev–Trinajstić information content (AvgIpc) is 2.07. The normalized spacial score (nSPS) is 28.6. The Morgan fingerprint density at radius 1 is 1.29 bits per heavy atom. The number of alkyl halides is 3. The highest BCUT2D eigenvalue weighted by Crippen LogP contribution is 2.32. The second kappa shape index (κ2) is 4.91. The quantitative estimate of drug-likeness (QED) is 0.532. The summed E-state index contributed by atoms with van der Waals surface area (Å²) >= 11 is 16.2. The van der Waals surface area contributed by atoms with Crippen LogP contribution in [0.3, 0.4) is 0 Å². The molecule has 82 valence electrons. The Morgan fingerprint density at radius 3 is 2.36 bits per heavy atom. The molecule has 0 saturated heterocycles. The molecule has 1 aliphatic carbocycles. The molecule has 0 spiro atoms. The molecule has 0 radical (unpaired) electrons. The van der Waals surface area contributed by atoms with Crippen LogP contribution in [0.4, 0.5) is 0 Å². The van der Waals surface area contributed by atoms with E-state index in [1.807, 2.05) is 0 Å². The van der Waals surface area contributed by atoms with E-state index in [4.69, 9.17) is 39.5 Å².